The first kappa shape index (κ1) is 11.6. The molecule has 0 aliphatic heterocycles. The average Bonchev–Trinajstić information content (AvgIpc) is 2.74. The molecule has 3 rings (SSSR count). The highest BCUT2D eigenvalue weighted by Gasteiger charge is 2.23. The lowest BCUT2D eigenvalue weighted by Crippen LogP contribution is -2.31. The van der Waals surface area contributed by atoms with Crippen molar-refractivity contribution in [2.24, 2.45) is 0 Å². The molecule has 2 N–H and O–H groups in total. The molecule has 0 radical (unpaired) electrons. The van der Waals surface area contributed by atoms with E-state index in [1.807, 2.05) is 31.1 Å². The molecule has 4 heteroatoms. The molecule has 0 aromatic heterocycles. The molecule has 0 saturated carbocycles. The van der Waals surface area contributed by atoms with Crippen molar-refractivity contribution in [2.75, 3.05) is 19.0 Å². The van der Waals surface area contributed by atoms with E-state index in [0.29, 0.717) is 5.46 Å². The quantitative estimate of drug-likeness (QED) is 0.760. The summed E-state index contributed by atoms with van der Waals surface area (Å²) in [6, 6.07) is 8.08. The number of nitrogens with zero attached hydrogens (tertiary/aromatic N) is 1. The zero-order chi connectivity index (χ0) is 12.9. The highest BCUT2D eigenvalue weighted by Crippen LogP contribution is 2.35. The molecule has 18 heavy (non-hydrogen) atoms. The standard InChI is InChI=1S/C14H16BNO2/c1-16(2)12-8-6-10-4-3-9-5-7-11(15(17)18)14(12)13(9)10/h5-8,17-18H,3-4H2,1-2H3. The minimum absolute atomic E-state index is 0.598. The van der Waals surface area contributed by atoms with E-state index in [1.54, 1.807) is 0 Å². The smallest absolute Gasteiger partial charge is 0.423 e. The summed E-state index contributed by atoms with van der Waals surface area (Å²) in [6.07, 6.45) is 2.09. The van der Waals surface area contributed by atoms with Crippen molar-refractivity contribution in [3.63, 3.8) is 0 Å². The van der Waals surface area contributed by atoms with E-state index in [9.17, 15) is 10.0 Å². The fraction of sp³-hybridized carbons (Fsp3) is 0.286. The van der Waals surface area contributed by atoms with Gasteiger partial charge < -0.3 is 14.9 Å². The van der Waals surface area contributed by atoms with Crippen LogP contribution >= 0.6 is 0 Å². The number of anilines is 1. The third-order valence-corrected chi connectivity index (χ3v) is 3.77. The molecule has 1 aliphatic carbocycles. The summed E-state index contributed by atoms with van der Waals surface area (Å²) >= 11 is 0. The van der Waals surface area contributed by atoms with Crippen molar-refractivity contribution in [3.05, 3.63) is 35.4 Å². The van der Waals surface area contributed by atoms with Gasteiger partial charge in [0.15, 0.2) is 0 Å². The van der Waals surface area contributed by atoms with E-state index in [0.717, 1.165) is 23.9 Å². The number of benzene rings is 2. The van der Waals surface area contributed by atoms with Crippen LogP contribution in [0.5, 0.6) is 0 Å². The van der Waals surface area contributed by atoms with Crippen LogP contribution in [0.3, 0.4) is 0 Å². The highest BCUT2D eigenvalue weighted by atomic mass is 16.4. The summed E-state index contributed by atoms with van der Waals surface area (Å²) < 4.78 is 0. The maximum atomic E-state index is 9.57. The summed E-state index contributed by atoms with van der Waals surface area (Å²) in [5, 5.41) is 21.3. The van der Waals surface area contributed by atoms with Crippen molar-refractivity contribution < 1.29 is 10.0 Å². The SMILES string of the molecule is CN(C)c1ccc2c3c(ccc(B(O)O)c13)CC2. The minimum atomic E-state index is -1.42. The number of rotatable bonds is 2. The first-order valence-electron chi connectivity index (χ1n) is 6.20. The van der Waals surface area contributed by atoms with Crippen LogP contribution in [0, 0.1) is 0 Å². The largest absolute Gasteiger partial charge is 0.489 e. The maximum absolute atomic E-state index is 9.57. The Morgan fingerprint density at radius 2 is 1.56 bits per heavy atom. The molecule has 1 aliphatic rings. The lowest BCUT2D eigenvalue weighted by molar-refractivity contribution is 0.426. The van der Waals surface area contributed by atoms with Crippen molar-refractivity contribution in [1.29, 1.82) is 0 Å². The normalized spacial score (nSPS) is 13.1. The Kier molecular flexibility index (Phi) is 2.57. The zero-order valence-corrected chi connectivity index (χ0v) is 10.6. The number of hydrogen-bond donors (Lipinski definition) is 2. The molecule has 0 amide bonds. The van der Waals surface area contributed by atoms with Gasteiger partial charge in [0.25, 0.3) is 0 Å². The Morgan fingerprint density at radius 1 is 0.944 bits per heavy atom. The molecule has 0 saturated heterocycles. The molecule has 3 nitrogen and oxygen atoms in total. The highest BCUT2D eigenvalue weighted by molar-refractivity contribution is 6.62. The van der Waals surface area contributed by atoms with E-state index < -0.39 is 7.12 Å². The van der Waals surface area contributed by atoms with Crippen molar-refractivity contribution in [3.8, 4) is 0 Å². The molecular weight excluding hydrogens is 225 g/mol. The fourth-order valence-electron chi connectivity index (χ4n) is 2.92. The van der Waals surface area contributed by atoms with Gasteiger partial charge in [-0.2, -0.15) is 0 Å². The molecule has 0 fully saturated rings. The summed E-state index contributed by atoms with van der Waals surface area (Å²) in [6.45, 7) is 0. The van der Waals surface area contributed by atoms with Gasteiger partial charge in [-0.15, -0.1) is 0 Å². The van der Waals surface area contributed by atoms with Gasteiger partial charge in [0.05, 0.1) is 0 Å². The Bertz CT molecular complexity index is 572. The van der Waals surface area contributed by atoms with Crippen LogP contribution in [-0.4, -0.2) is 31.3 Å². The fourth-order valence-corrected chi connectivity index (χ4v) is 2.92. The Labute approximate surface area is 107 Å². The molecule has 2 aromatic rings. The van der Waals surface area contributed by atoms with Crippen LogP contribution in [0.4, 0.5) is 5.69 Å². The van der Waals surface area contributed by atoms with E-state index in [2.05, 4.69) is 12.1 Å². The topological polar surface area (TPSA) is 43.7 Å². The summed E-state index contributed by atoms with van der Waals surface area (Å²) in [5.74, 6) is 0. The molecule has 0 unspecified atom stereocenters. The maximum Gasteiger partial charge on any atom is 0.489 e. The summed E-state index contributed by atoms with van der Waals surface area (Å²) in [7, 11) is 2.53. The van der Waals surface area contributed by atoms with Gasteiger partial charge in [0.1, 0.15) is 0 Å². The van der Waals surface area contributed by atoms with Crippen LogP contribution in [0.2, 0.25) is 0 Å². The van der Waals surface area contributed by atoms with Crippen molar-refractivity contribution in [1.82, 2.24) is 0 Å². The molecular formula is C14H16BNO2. The van der Waals surface area contributed by atoms with Crippen LogP contribution in [-0.2, 0) is 12.8 Å². The molecule has 0 atom stereocenters. The lowest BCUT2D eigenvalue weighted by atomic mass is 9.76. The second-order valence-corrected chi connectivity index (χ2v) is 5.08. The van der Waals surface area contributed by atoms with Crippen molar-refractivity contribution in [2.45, 2.75) is 12.8 Å². The number of aryl methyl sites for hydroxylation is 2. The van der Waals surface area contributed by atoms with Gasteiger partial charge in [-0.25, -0.2) is 0 Å². The van der Waals surface area contributed by atoms with Crippen LogP contribution in [0.1, 0.15) is 11.1 Å². The van der Waals surface area contributed by atoms with Gasteiger partial charge in [-0.05, 0) is 40.9 Å². The zero-order valence-electron chi connectivity index (χ0n) is 10.6. The van der Waals surface area contributed by atoms with E-state index >= 15 is 0 Å². The first-order chi connectivity index (χ1) is 8.59. The molecule has 2 aromatic carbocycles. The van der Waals surface area contributed by atoms with Crippen LogP contribution in [0.25, 0.3) is 10.8 Å². The van der Waals surface area contributed by atoms with Gasteiger partial charge in [-0.1, -0.05) is 18.2 Å². The summed E-state index contributed by atoms with van der Waals surface area (Å²) in [4.78, 5) is 2.02. The summed E-state index contributed by atoms with van der Waals surface area (Å²) in [5.41, 5.74) is 4.27. The predicted octanol–water partition coefficient (Wildman–Crippen LogP) is 0.684. The van der Waals surface area contributed by atoms with E-state index in [1.165, 1.54) is 16.5 Å². The lowest BCUT2D eigenvalue weighted by Gasteiger charge is -2.19. The minimum Gasteiger partial charge on any atom is -0.423 e. The van der Waals surface area contributed by atoms with Crippen molar-refractivity contribution >= 4 is 29.0 Å². The Hall–Kier alpha value is -1.52. The molecule has 0 bridgehead atoms. The van der Waals surface area contributed by atoms with Gasteiger partial charge in [-0.3, -0.25) is 0 Å². The Morgan fingerprint density at radius 3 is 2.11 bits per heavy atom. The number of hydrogen-bond acceptors (Lipinski definition) is 3. The van der Waals surface area contributed by atoms with Gasteiger partial charge >= 0.3 is 7.12 Å². The van der Waals surface area contributed by atoms with E-state index in [4.69, 9.17) is 0 Å². The van der Waals surface area contributed by atoms with E-state index in [-0.39, 0.29) is 0 Å². The monoisotopic (exact) mass is 241 g/mol. The first-order valence-corrected chi connectivity index (χ1v) is 6.20. The van der Waals surface area contributed by atoms with Gasteiger partial charge in [0.2, 0.25) is 0 Å². The van der Waals surface area contributed by atoms with Crippen LogP contribution in [0.15, 0.2) is 24.3 Å². The molecule has 0 heterocycles. The average molecular weight is 241 g/mol. The van der Waals surface area contributed by atoms with Gasteiger partial charge in [0, 0.05) is 25.2 Å². The predicted molar refractivity (Wildman–Crippen MR) is 75.5 cm³/mol. The second kappa shape index (κ2) is 4.00. The van der Waals surface area contributed by atoms with Crippen LogP contribution < -0.4 is 10.4 Å². The second-order valence-electron chi connectivity index (χ2n) is 5.08. The third kappa shape index (κ3) is 1.53. The molecule has 92 valence electrons. The Balaban J connectivity index is 2.45. The third-order valence-electron chi connectivity index (χ3n) is 3.77. The molecule has 0 spiro atoms.